The van der Waals surface area contributed by atoms with Crippen LogP contribution in [0.2, 0.25) is 0 Å². The quantitative estimate of drug-likeness (QED) is 0.642. The van der Waals surface area contributed by atoms with Gasteiger partial charge in [-0.2, -0.15) is 0 Å². The minimum Gasteiger partial charge on any atom is -0.397 e. The van der Waals surface area contributed by atoms with E-state index in [4.69, 9.17) is 5.73 Å². The van der Waals surface area contributed by atoms with Gasteiger partial charge in [0.05, 0.1) is 10.7 Å². The Bertz CT molecular complexity index is 466. The molecule has 0 atom stereocenters. The van der Waals surface area contributed by atoms with Gasteiger partial charge in [0.1, 0.15) is 4.88 Å². The highest BCUT2D eigenvalue weighted by atomic mass is 32.1. The molecule has 0 aliphatic heterocycles. The Balaban J connectivity index is 2.04. The molecule has 1 heterocycles. The van der Waals surface area contributed by atoms with Crippen molar-refractivity contribution >= 4 is 27.9 Å². The lowest BCUT2D eigenvalue weighted by molar-refractivity contribution is 0.0968. The van der Waals surface area contributed by atoms with Crippen molar-refractivity contribution in [3.05, 3.63) is 10.4 Å². The fourth-order valence-electron chi connectivity index (χ4n) is 2.40. The number of carbonyl (C=O) groups excluding carboxylic acids is 1. The molecule has 1 aliphatic rings. The van der Waals surface area contributed by atoms with Gasteiger partial charge >= 0.3 is 0 Å². The van der Waals surface area contributed by atoms with E-state index < -0.39 is 0 Å². The van der Waals surface area contributed by atoms with Gasteiger partial charge in [0.25, 0.3) is 5.91 Å². The summed E-state index contributed by atoms with van der Waals surface area (Å²) in [6.45, 7) is 3.18. The molecule has 1 aliphatic carbocycles. The minimum atomic E-state index is -0.0755. The van der Waals surface area contributed by atoms with Gasteiger partial charge in [-0.05, 0) is 25.2 Å². The summed E-state index contributed by atoms with van der Waals surface area (Å²) in [5, 5.41) is 7.27. The van der Waals surface area contributed by atoms with E-state index in [1.54, 1.807) is 7.05 Å². The lowest BCUT2D eigenvalue weighted by Crippen LogP contribution is -2.17. The van der Waals surface area contributed by atoms with Crippen molar-refractivity contribution < 1.29 is 4.79 Å². The second-order valence-electron chi connectivity index (χ2n) is 5.43. The van der Waals surface area contributed by atoms with Crippen molar-refractivity contribution in [1.29, 1.82) is 0 Å². The van der Waals surface area contributed by atoms with Crippen molar-refractivity contribution in [2.45, 2.75) is 51.4 Å². The van der Waals surface area contributed by atoms with Crippen molar-refractivity contribution in [3.63, 3.8) is 0 Å². The van der Waals surface area contributed by atoms with Crippen LogP contribution in [0.25, 0.3) is 0 Å². The van der Waals surface area contributed by atoms with E-state index in [2.05, 4.69) is 17.6 Å². The highest BCUT2D eigenvalue weighted by Gasteiger charge is 2.32. The van der Waals surface area contributed by atoms with Crippen LogP contribution in [0.4, 0.5) is 10.7 Å². The zero-order chi connectivity index (χ0) is 14.5. The topological polar surface area (TPSA) is 67.2 Å². The van der Waals surface area contributed by atoms with Gasteiger partial charge in [0.2, 0.25) is 0 Å². The maximum absolute atomic E-state index is 11.8. The highest BCUT2D eigenvalue weighted by Crippen LogP contribution is 2.50. The van der Waals surface area contributed by atoms with E-state index in [0.29, 0.717) is 16.5 Å². The zero-order valence-corrected chi connectivity index (χ0v) is 13.2. The summed E-state index contributed by atoms with van der Waals surface area (Å²) in [6.07, 6.45) is 7.35. The molecule has 0 unspecified atom stereocenters. The number of hydrogen-bond acceptors (Lipinski definition) is 4. The molecule has 1 amide bonds. The predicted octanol–water partition coefficient (Wildman–Crippen LogP) is 3.56. The molecule has 4 nitrogen and oxygen atoms in total. The lowest BCUT2D eigenvalue weighted by Gasteiger charge is -2.07. The number of carbonyl (C=O) groups is 1. The first kappa shape index (κ1) is 15.2. The first-order chi connectivity index (χ1) is 9.69. The van der Waals surface area contributed by atoms with Crippen LogP contribution in [0.1, 0.15) is 66.6 Å². The summed E-state index contributed by atoms with van der Waals surface area (Å²) in [7, 11) is 1.65. The van der Waals surface area contributed by atoms with Crippen molar-refractivity contribution in [2.75, 3.05) is 24.6 Å². The molecule has 5 heteroatoms. The molecule has 1 aromatic heterocycles. The van der Waals surface area contributed by atoms with Crippen LogP contribution < -0.4 is 16.4 Å². The van der Waals surface area contributed by atoms with Crippen LogP contribution in [-0.2, 0) is 0 Å². The average Bonchev–Trinajstić information content (AvgIpc) is 3.22. The van der Waals surface area contributed by atoms with Crippen LogP contribution >= 0.6 is 11.3 Å². The van der Waals surface area contributed by atoms with Crippen LogP contribution in [-0.4, -0.2) is 19.5 Å². The normalized spacial score (nSPS) is 14.3. The first-order valence-electron chi connectivity index (χ1n) is 7.57. The molecule has 0 bridgehead atoms. The molecular weight excluding hydrogens is 270 g/mol. The Morgan fingerprint density at radius 1 is 1.35 bits per heavy atom. The number of amides is 1. The summed E-state index contributed by atoms with van der Waals surface area (Å²) in [5.41, 5.74) is 8.06. The molecule has 1 fully saturated rings. The van der Waals surface area contributed by atoms with Gasteiger partial charge in [-0.3, -0.25) is 4.79 Å². The Hall–Kier alpha value is -1.23. The summed E-state index contributed by atoms with van der Waals surface area (Å²) in [5.74, 6) is 0.483. The van der Waals surface area contributed by atoms with Crippen molar-refractivity contribution in [3.8, 4) is 0 Å². The molecule has 112 valence electrons. The van der Waals surface area contributed by atoms with E-state index in [-0.39, 0.29) is 5.91 Å². The number of anilines is 2. The van der Waals surface area contributed by atoms with E-state index >= 15 is 0 Å². The molecule has 0 radical (unpaired) electrons. The number of thiophene rings is 1. The maximum atomic E-state index is 11.8. The molecule has 0 aromatic carbocycles. The second-order valence-corrected chi connectivity index (χ2v) is 6.45. The van der Waals surface area contributed by atoms with E-state index in [1.807, 2.05) is 0 Å². The SMILES string of the molecule is CCCCCCNc1sc(C(=O)NC)c(N)c1C1CC1. The zero-order valence-electron chi connectivity index (χ0n) is 12.4. The first-order valence-corrected chi connectivity index (χ1v) is 8.38. The second kappa shape index (κ2) is 6.97. The number of unbranched alkanes of at least 4 members (excludes halogenated alkanes) is 3. The Morgan fingerprint density at radius 2 is 2.10 bits per heavy atom. The third-order valence-corrected chi connectivity index (χ3v) is 4.90. The van der Waals surface area contributed by atoms with Crippen LogP contribution in [0.3, 0.4) is 0 Å². The Kier molecular flexibility index (Phi) is 5.29. The molecule has 1 saturated carbocycles. The molecule has 0 saturated heterocycles. The van der Waals surface area contributed by atoms with Gasteiger partial charge in [0, 0.05) is 19.2 Å². The fourth-order valence-corrected chi connectivity index (χ4v) is 3.58. The number of nitrogens with one attached hydrogen (secondary N) is 2. The molecule has 20 heavy (non-hydrogen) atoms. The summed E-state index contributed by atoms with van der Waals surface area (Å²) < 4.78 is 0. The smallest absolute Gasteiger partial charge is 0.263 e. The van der Waals surface area contributed by atoms with Gasteiger partial charge in [-0.15, -0.1) is 11.3 Å². The molecule has 0 spiro atoms. The summed E-state index contributed by atoms with van der Waals surface area (Å²) >= 11 is 1.50. The summed E-state index contributed by atoms with van der Waals surface area (Å²) in [6, 6.07) is 0. The van der Waals surface area contributed by atoms with Crippen LogP contribution in [0.15, 0.2) is 0 Å². The third kappa shape index (κ3) is 3.45. The Morgan fingerprint density at radius 3 is 2.70 bits per heavy atom. The van der Waals surface area contributed by atoms with E-state index in [0.717, 1.165) is 11.5 Å². The van der Waals surface area contributed by atoms with Gasteiger partial charge < -0.3 is 16.4 Å². The number of nitrogen functional groups attached to an aromatic ring is 1. The van der Waals surface area contributed by atoms with E-state index in [1.165, 1.54) is 55.4 Å². The third-order valence-electron chi connectivity index (χ3n) is 3.72. The standard InChI is InChI=1S/C15H25N3OS/c1-3-4-5-6-9-18-15-11(10-7-8-10)12(16)13(20-15)14(19)17-2/h10,18H,3-9,16H2,1-2H3,(H,17,19). The number of nitrogens with two attached hydrogens (primary N) is 1. The number of hydrogen-bond donors (Lipinski definition) is 3. The van der Waals surface area contributed by atoms with Crippen molar-refractivity contribution in [2.24, 2.45) is 0 Å². The highest BCUT2D eigenvalue weighted by molar-refractivity contribution is 7.18. The lowest BCUT2D eigenvalue weighted by atomic mass is 10.1. The Labute approximate surface area is 125 Å². The van der Waals surface area contributed by atoms with Gasteiger partial charge in [0.15, 0.2) is 0 Å². The van der Waals surface area contributed by atoms with Gasteiger partial charge in [-0.25, -0.2) is 0 Å². The largest absolute Gasteiger partial charge is 0.397 e. The molecule has 2 rings (SSSR count). The molecule has 1 aromatic rings. The number of rotatable bonds is 8. The molecular formula is C15H25N3OS. The van der Waals surface area contributed by atoms with E-state index in [9.17, 15) is 4.79 Å². The minimum absolute atomic E-state index is 0.0755. The monoisotopic (exact) mass is 295 g/mol. The fraction of sp³-hybridized carbons (Fsp3) is 0.667. The summed E-state index contributed by atoms with van der Waals surface area (Å²) in [4.78, 5) is 12.5. The molecule has 4 N–H and O–H groups in total. The van der Waals surface area contributed by atoms with Crippen LogP contribution in [0.5, 0.6) is 0 Å². The van der Waals surface area contributed by atoms with Crippen molar-refractivity contribution in [1.82, 2.24) is 5.32 Å². The van der Waals surface area contributed by atoms with Crippen LogP contribution in [0, 0.1) is 0 Å². The van der Waals surface area contributed by atoms with Gasteiger partial charge in [-0.1, -0.05) is 26.2 Å². The predicted molar refractivity (Wildman–Crippen MR) is 86.7 cm³/mol. The maximum Gasteiger partial charge on any atom is 0.263 e. The average molecular weight is 295 g/mol.